The monoisotopic (exact) mass is 577 g/mol. The highest BCUT2D eigenvalue weighted by atomic mass is 127. The van der Waals surface area contributed by atoms with Crippen molar-refractivity contribution in [2.24, 2.45) is 4.99 Å². The molecule has 8 nitrogen and oxygen atoms in total. The molecule has 0 fully saturated rings. The molecule has 0 amide bonds. The summed E-state index contributed by atoms with van der Waals surface area (Å²) in [7, 11) is 1.70. The highest BCUT2D eigenvalue weighted by Crippen LogP contribution is 2.32. The first kappa shape index (κ1) is 25.7. The van der Waals surface area contributed by atoms with Gasteiger partial charge in [0.2, 0.25) is 0 Å². The molecule has 0 unspecified atom stereocenters. The first-order chi connectivity index (χ1) is 16.2. The summed E-state index contributed by atoms with van der Waals surface area (Å²) >= 11 is 0. The predicted molar refractivity (Wildman–Crippen MR) is 145 cm³/mol. The molecule has 1 aliphatic heterocycles. The number of nitrogens with one attached hydrogen (secondary N) is 2. The number of aromatic nitrogens is 2. The van der Waals surface area contributed by atoms with Crippen molar-refractivity contribution >= 4 is 35.6 Å². The van der Waals surface area contributed by atoms with Gasteiger partial charge in [-0.2, -0.15) is 5.10 Å². The number of ether oxygens (including phenoxy) is 3. The third-order valence-corrected chi connectivity index (χ3v) is 5.29. The molecule has 1 aromatic heterocycles. The third kappa shape index (κ3) is 7.28. The highest BCUT2D eigenvalue weighted by molar-refractivity contribution is 14.0. The van der Waals surface area contributed by atoms with Crippen LogP contribution in [0.2, 0.25) is 0 Å². The fraction of sp³-hybridized carbons (Fsp3) is 0.360. The second-order valence-corrected chi connectivity index (χ2v) is 7.83. The molecule has 0 spiro atoms. The van der Waals surface area contributed by atoms with Gasteiger partial charge in [-0.05, 0) is 43.2 Å². The van der Waals surface area contributed by atoms with Crippen molar-refractivity contribution in [1.29, 1.82) is 0 Å². The van der Waals surface area contributed by atoms with Crippen molar-refractivity contribution in [2.45, 2.75) is 26.3 Å². The largest absolute Gasteiger partial charge is 0.496 e. The first-order valence-corrected chi connectivity index (χ1v) is 11.3. The Balaban J connectivity index is 0.00000324. The molecule has 34 heavy (non-hydrogen) atoms. The zero-order valence-electron chi connectivity index (χ0n) is 19.6. The molecular weight excluding hydrogens is 545 g/mol. The van der Waals surface area contributed by atoms with Crippen molar-refractivity contribution < 1.29 is 14.2 Å². The minimum atomic E-state index is 0. The Morgan fingerprint density at radius 1 is 1.15 bits per heavy atom. The first-order valence-electron chi connectivity index (χ1n) is 11.3. The minimum absolute atomic E-state index is 0. The molecule has 0 saturated carbocycles. The van der Waals surface area contributed by atoms with E-state index in [4.69, 9.17) is 19.2 Å². The van der Waals surface area contributed by atoms with Crippen molar-refractivity contribution in [3.63, 3.8) is 0 Å². The Bertz CT molecular complexity index is 1070. The Morgan fingerprint density at radius 3 is 2.79 bits per heavy atom. The maximum absolute atomic E-state index is 5.83. The topological polar surface area (TPSA) is 81.9 Å². The Labute approximate surface area is 217 Å². The molecular formula is C25H32IN5O3. The number of fused-ring (bicyclic) bond motifs is 1. The second-order valence-electron chi connectivity index (χ2n) is 7.83. The minimum Gasteiger partial charge on any atom is -0.496 e. The smallest absolute Gasteiger partial charge is 0.195 e. The Morgan fingerprint density at radius 2 is 2.00 bits per heavy atom. The standard InChI is InChI=1S/C25H31N5O3.HI/c1-19-5-7-22(31-2)20(17-19)9-11-26-25(27-12-14-30-13-3-10-28-30)29-21-6-8-23-24(18-21)33-16-4-15-32-23;/h3,5-8,10,13,17-18H,4,9,11-12,14-16H2,1-2H3,(H2,26,27,29);1H. The van der Waals surface area contributed by atoms with E-state index >= 15 is 0 Å². The number of aryl methyl sites for hydroxylation is 1. The number of methoxy groups -OCH3 is 1. The molecule has 9 heteroatoms. The maximum atomic E-state index is 5.83. The average molecular weight is 577 g/mol. The fourth-order valence-corrected chi connectivity index (χ4v) is 3.63. The quantitative estimate of drug-likeness (QED) is 0.237. The van der Waals surface area contributed by atoms with Gasteiger partial charge in [0.15, 0.2) is 17.5 Å². The van der Waals surface area contributed by atoms with E-state index in [1.54, 1.807) is 13.3 Å². The van der Waals surface area contributed by atoms with Gasteiger partial charge in [0.25, 0.3) is 0 Å². The predicted octanol–water partition coefficient (Wildman–Crippen LogP) is 4.28. The molecule has 4 rings (SSSR count). The number of hydrogen-bond donors (Lipinski definition) is 2. The second kappa shape index (κ2) is 13.1. The van der Waals surface area contributed by atoms with Crippen LogP contribution in [-0.4, -0.2) is 49.2 Å². The van der Waals surface area contributed by atoms with Gasteiger partial charge in [0.1, 0.15) is 5.75 Å². The van der Waals surface area contributed by atoms with E-state index in [0.29, 0.717) is 32.3 Å². The zero-order chi connectivity index (χ0) is 22.9. The molecule has 182 valence electrons. The fourth-order valence-electron chi connectivity index (χ4n) is 3.63. The van der Waals surface area contributed by atoms with E-state index in [-0.39, 0.29) is 24.0 Å². The lowest BCUT2D eigenvalue weighted by Gasteiger charge is -2.15. The van der Waals surface area contributed by atoms with Crippen LogP contribution in [0.4, 0.5) is 5.69 Å². The third-order valence-electron chi connectivity index (χ3n) is 5.29. The number of benzene rings is 2. The van der Waals surface area contributed by atoms with Crippen LogP contribution in [0.5, 0.6) is 17.2 Å². The van der Waals surface area contributed by atoms with Gasteiger partial charge in [-0.25, -0.2) is 0 Å². The number of hydrogen-bond acceptors (Lipinski definition) is 5. The van der Waals surface area contributed by atoms with Gasteiger partial charge in [0, 0.05) is 43.7 Å². The van der Waals surface area contributed by atoms with Crippen LogP contribution < -0.4 is 24.8 Å². The summed E-state index contributed by atoms with van der Waals surface area (Å²) in [4.78, 5) is 4.81. The Hall–Kier alpha value is -2.95. The van der Waals surface area contributed by atoms with Crippen LogP contribution in [0.25, 0.3) is 0 Å². The van der Waals surface area contributed by atoms with Crippen LogP contribution in [0.1, 0.15) is 17.5 Å². The molecule has 3 aromatic rings. The molecule has 1 aliphatic rings. The maximum Gasteiger partial charge on any atom is 0.195 e. The lowest BCUT2D eigenvalue weighted by molar-refractivity contribution is 0.297. The lowest BCUT2D eigenvalue weighted by Crippen LogP contribution is -2.33. The van der Waals surface area contributed by atoms with E-state index in [9.17, 15) is 0 Å². The molecule has 2 heterocycles. The lowest BCUT2D eigenvalue weighted by atomic mass is 10.1. The summed E-state index contributed by atoms with van der Waals surface area (Å²) in [5.74, 6) is 3.11. The zero-order valence-corrected chi connectivity index (χ0v) is 22.0. The highest BCUT2D eigenvalue weighted by Gasteiger charge is 2.12. The number of rotatable bonds is 8. The van der Waals surface area contributed by atoms with Crippen molar-refractivity contribution in [1.82, 2.24) is 15.1 Å². The molecule has 2 N–H and O–H groups in total. The summed E-state index contributed by atoms with van der Waals surface area (Å²) in [6.45, 7) is 5.44. The van der Waals surface area contributed by atoms with Gasteiger partial charge in [0.05, 0.1) is 26.9 Å². The summed E-state index contributed by atoms with van der Waals surface area (Å²) in [5, 5.41) is 11.1. The van der Waals surface area contributed by atoms with Crippen LogP contribution in [0.3, 0.4) is 0 Å². The normalized spacial score (nSPS) is 12.9. The summed E-state index contributed by atoms with van der Waals surface area (Å²) in [6, 6.07) is 14.0. The van der Waals surface area contributed by atoms with Crippen molar-refractivity contribution in [2.75, 3.05) is 38.7 Å². The van der Waals surface area contributed by atoms with Gasteiger partial charge in [-0.15, -0.1) is 24.0 Å². The van der Waals surface area contributed by atoms with Gasteiger partial charge in [-0.3, -0.25) is 9.67 Å². The number of aliphatic imine (C=N–C) groups is 1. The van der Waals surface area contributed by atoms with Crippen LogP contribution in [-0.2, 0) is 13.0 Å². The summed E-state index contributed by atoms with van der Waals surface area (Å²) in [5.41, 5.74) is 3.24. The number of guanidine groups is 1. The van der Waals surface area contributed by atoms with Gasteiger partial charge in [-0.1, -0.05) is 17.7 Å². The molecule has 0 aliphatic carbocycles. The molecule has 0 saturated heterocycles. The van der Waals surface area contributed by atoms with Gasteiger partial charge < -0.3 is 24.8 Å². The van der Waals surface area contributed by atoms with E-state index in [1.807, 2.05) is 41.2 Å². The van der Waals surface area contributed by atoms with Crippen LogP contribution in [0, 0.1) is 6.92 Å². The molecule has 0 atom stereocenters. The van der Waals surface area contributed by atoms with E-state index < -0.39 is 0 Å². The molecule has 0 bridgehead atoms. The van der Waals surface area contributed by atoms with Crippen molar-refractivity contribution in [3.8, 4) is 17.2 Å². The van der Waals surface area contributed by atoms with Gasteiger partial charge >= 0.3 is 0 Å². The summed E-state index contributed by atoms with van der Waals surface area (Å²) < 4.78 is 19.0. The number of nitrogens with zero attached hydrogens (tertiary/aromatic N) is 3. The van der Waals surface area contributed by atoms with Crippen LogP contribution in [0.15, 0.2) is 59.9 Å². The van der Waals surface area contributed by atoms with Crippen molar-refractivity contribution in [3.05, 3.63) is 66.0 Å². The number of halogens is 1. The van der Waals surface area contributed by atoms with E-state index in [1.165, 1.54) is 5.56 Å². The van der Waals surface area contributed by atoms with E-state index in [2.05, 4.69) is 34.8 Å². The SMILES string of the molecule is COc1ccc(C)cc1CCN=C(NCCn1cccn1)Nc1ccc2c(c1)OCCCO2.I. The van der Waals surface area contributed by atoms with Crippen LogP contribution >= 0.6 is 24.0 Å². The molecule has 0 radical (unpaired) electrons. The Kier molecular flexibility index (Phi) is 9.87. The summed E-state index contributed by atoms with van der Waals surface area (Å²) in [6.07, 6.45) is 5.37. The van der Waals surface area contributed by atoms with E-state index in [0.717, 1.165) is 47.9 Å². The molecule has 2 aromatic carbocycles. The number of anilines is 1. The average Bonchev–Trinajstić information content (AvgIpc) is 3.23.